The van der Waals surface area contributed by atoms with Crippen molar-refractivity contribution in [3.8, 4) is 0 Å². The highest BCUT2D eigenvalue weighted by Crippen LogP contribution is 2.38. The quantitative estimate of drug-likeness (QED) is 0.686. The van der Waals surface area contributed by atoms with Gasteiger partial charge in [0.05, 0.1) is 14.8 Å². The molecule has 0 radical (unpaired) electrons. The number of hydrogen-bond donors (Lipinski definition) is 1. The molecule has 2 aromatic rings. The summed E-state index contributed by atoms with van der Waals surface area (Å²) < 4.78 is 0. The molecule has 0 spiro atoms. The van der Waals surface area contributed by atoms with Gasteiger partial charge in [0.2, 0.25) is 0 Å². The summed E-state index contributed by atoms with van der Waals surface area (Å²) in [6.07, 6.45) is 1.50. The molecule has 1 N–H and O–H groups in total. The second-order valence-corrected chi connectivity index (χ2v) is 5.04. The maximum absolute atomic E-state index is 11.1. The highest BCUT2D eigenvalue weighted by Gasteiger charge is 2.25. The lowest BCUT2D eigenvalue weighted by Crippen LogP contribution is -2.03. The fourth-order valence-corrected chi connectivity index (χ4v) is 2.67. The first-order valence-corrected chi connectivity index (χ1v) is 6.49. The molecule has 6 nitrogen and oxygen atoms in total. The van der Waals surface area contributed by atoms with Gasteiger partial charge in [0, 0.05) is 6.20 Å². The van der Waals surface area contributed by atoms with Gasteiger partial charge in [-0.25, -0.2) is 9.78 Å². The fraction of sp³-hybridized carbons (Fsp3) is 0. The average Bonchev–Trinajstić information content (AvgIpc) is 2.40. The molecule has 0 bridgehead atoms. The van der Waals surface area contributed by atoms with Crippen LogP contribution in [0, 0.1) is 10.1 Å². The largest absolute Gasteiger partial charge is 0.477 e. The molecule has 1 heterocycles. The number of carboxylic acids is 1. The van der Waals surface area contributed by atoms with E-state index in [0.717, 1.165) is 11.8 Å². The van der Waals surface area contributed by atoms with Crippen LogP contribution in [0.1, 0.15) is 10.4 Å². The molecule has 8 heteroatoms. The number of nitro benzene ring substituents is 1. The van der Waals surface area contributed by atoms with E-state index in [1.54, 1.807) is 12.1 Å². The topological polar surface area (TPSA) is 93.3 Å². The summed E-state index contributed by atoms with van der Waals surface area (Å²) in [6, 6.07) is 7.32. The van der Waals surface area contributed by atoms with E-state index >= 15 is 0 Å². The lowest BCUT2D eigenvalue weighted by Gasteiger charge is -2.05. The van der Waals surface area contributed by atoms with Crippen molar-refractivity contribution in [3.05, 3.63) is 57.2 Å². The zero-order valence-electron chi connectivity index (χ0n) is 9.82. The third kappa shape index (κ3) is 2.89. The predicted octanol–water partition coefficient (Wildman–Crippen LogP) is 3.49. The number of aromatic nitrogens is 1. The Hall–Kier alpha value is -2.12. The maximum atomic E-state index is 11.1. The Labute approximate surface area is 122 Å². The molecule has 0 aliphatic carbocycles. The highest BCUT2D eigenvalue weighted by molar-refractivity contribution is 7.99. The van der Waals surface area contributed by atoms with Crippen molar-refractivity contribution in [2.24, 2.45) is 0 Å². The normalized spacial score (nSPS) is 10.2. The van der Waals surface area contributed by atoms with E-state index in [9.17, 15) is 14.9 Å². The minimum Gasteiger partial charge on any atom is -0.477 e. The molecule has 0 saturated carbocycles. The van der Waals surface area contributed by atoms with Gasteiger partial charge in [0.25, 0.3) is 5.69 Å². The van der Waals surface area contributed by atoms with Crippen molar-refractivity contribution < 1.29 is 14.8 Å². The molecule has 0 fully saturated rings. The Morgan fingerprint density at radius 2 is 2.10 bits per heavy atom. The number of carboxylic acid groups (broad SMARTS) is 1. The van der Waals surface area contributed by atoms with Crippen molar-refractivity contribution in [3.63, 3.8) is 0 Å². The zero-order valence-corrected chi connectivity index (χ0v) is 11.4. The van der Waals surface area contributed by atoms with E-state index in [1.165, 1.54) is 24.4 Å². The maximum Gasteiger partial charge on any atom is 0.342 e. The van der Waals surface area contributed by atoms with Gasteiger partial charge in [-0.15, -0.1) is 0 Å². The van der Waals surface area contributed by atoms with Crippen LogP contribution in [0.3, 0.4) is 0 Å². The molecule has 0 amide bonds. The van der Waals surface area contributed by atoms with Crippen LogP contribution in [0.15, 0.2) is 46.5 Å². The Kier molecular flexibility index (Phi) is 4.21. The molecule has 2 rings (SSSR count). The van der Waals surface area contributed by atoms with E-state index in [0.29, 0.717) is 10.0 Å². The Bertz CT molecular complexity index is 693. The van der Waals surface area contributed by atoms with E-state index in [4.69, 9.17) is 16.7 Å². The Morgan fingerprint density at radius 1 is 1.35 bits per heavy atom. The number of benzene rings is 1. The third-order valence-corrected chi connectivity index (χ3v) is 3.83. The molecular weight excluding hydrogens is 304 g/mol. The van der Waals surface area contributed by atoms with Crippen molar-refractivity contribution in [1.29, 1.82) is 0 Å². The molecule has 0 unspecified atom stereocenters. The van der Waals surface area contributed by atoms with Gasteiger partial charge >= 0.3 is 5.97 Å². The number of hydrogen-bond acceptors (Lipinski definition) is 5. The standard InChI is InChI=1S/C12H7ClN2O4S/c13-8-4-2-6-14-11(8)20-9-5-1-3-7(12(16)17)10(9)15(18)19/h1-6H,(H,16,17). The third-order valence-electron chi connectivity index (χ3n) is 2.34. The minimum atomic E-state index is -1.36. The number of nitrogens with zero attached hydrogens (tertiary/aromatic N) is 2. The molecule has 1 aromatic carbocycles. The van der Waals surface area contributed by atoms with Gasteiger partial charge in [-0.1, -0.05) is 29.4 Å². The molecule has 0 saturated heterocycles. The minimum absolute atomic E-state index is 0.176. The molecule has 102 valence electrons. The Balaban J connectivity index is 2.52. The molecule has 0 aliphatic rings. The van der Waals surface area contributed by atoms with Gasteiger partial charge in [-0.3, -0.25) is 10.1 Å². The number of nitro groups is 1. The van der Waals surface area contributed by atoms with Gasteiger partial charge in [-0.05, 0) is 24.3 Å². The lowest BCUT2D eigenvalue weighted by atomic mass is 10.2. The van der Waals surface area contributed by atoms with Gasteiger partial charge in [0.1, 0.15) is 10.6 Å². The van der Waals surface area contributed by atoms with E-state index in [-0.39, 0.29) is 10.5 Å². The van der Waals surface area contributed by atoms with Crippen molar-refractivity contribution >= 4 is 35.0 Å². The summed E-state index contributed by atoms with van der Waals surface area (Å²) in [5.41, 5.74) is -0.834. The van der Waals surface area contributed by atoms with Crippen LogP contribution in [0.5, 0.6) is 0 Å². The lowest BCUT2D eigenvalue weighted by molar-refractivity contribution is -0.388. The molecular formula is C12H7ClN2O4S. The number of para-hydroxylation sites is 1. The summed E-state index contributed by atoms with van der Waals surface area (Å²) in [6.45, 7) is 0. The first-order valence-electron chi connectivity index (χ1n) is 5.29. The molecule has 1 aromatic heterocycles. The monoisotopic (exact) mass is 310 g/mol. The van der Waals surface area contributed by atoms with Crippen LogP contribution in [0.4, 0.5) is 5.69 Å². The predicted molar refractivity (Wildman–Crippen MR) is 73.4 cm³/mol. The number of halogens is 1. The number of aromatic carboxylic acids is 1. The Morgan fingerprint density at radius 3 is 2.70 bits per heavy atom. The SMILES string of the molecule is O=C(O)c1cccc(Sc2ncccc2Cl)c1[N+](=O)[O-]. The van der Waals surface area contributed by atoms with Crippen molar-refractivity contribution in [2.75, 3.05) is 0 Å². The van der Waals surface area contributed by atoms with Crippen LogP contribution >= 0.6 is 23.4 Å². The van der Waals surface area contributed by atoms with Crippen molar-refractivity contribution in [1.82, 2.24) is 4.98 Å². The summed E-state index contributed by atoms with van der Waals surface area (Å²) >= 11 is 6.89. The van der Waals surface area contributed by atoms with Crippen LogP contribution in [0.25, 0.3) is 0 Å². The van der Waals surface area contributed by atoms with Crippen LogP contribution < -0.4 is 0 Å². The fourth-order valence-electron chi connectivity index (χ4n) is 1.52. The second-order valence-electron chi connectivity index (χ2n) is 3.61. The first-order chi connectivity index (χ1) is 9.50. The van der Waals surface area contributed by atoms with Gasteiger partial charge in [-0.2, -0.15) is 0 Å². The molecule has 20 heavy (non-hydrogen) atoms. The van der Waals surface area contributed by atoms with E-state index in [2.05, 4.69) is 4.98 Å². The van der Waals surface area contributed by atoms with Crippen LogP contribution in [0.2, 0.25) is 5.02 Å². The van der Waals surface area contributed by atoms with Crippen LogP contribution in [-0.2, 0) is 0 Å². The number of rotatable bonds is 4. The summed E-state index contributed by atoms with van der Waals surface area (Å²) in [5.74, 6) is -1.36. The zero-order chi connectivity index (χ0) is 14.7. The van der Waals surface area contributed by atoms with Crippen LogP contribution in [-0.4, -0.2) is 21.0 Å². The summed E-state index contributed by atoms with van der Waals surface area (Å²) in [5, 5.41) is 20.8. The van der Waals surface area contributed by atoms with E-state index < -0.39 is 16.6 Å². The summed E-state index contributed by atoms with van der Waals surface area (Å²) in [4.78, 5) is 25.6. The van der Waals surface area contributed by atoms with Gasteiger partial charge in [0.15, 0.2) is 0 Å². The molecule has 0 atom stereocenters. The summed E-state index contributed by atoms with van der Waals surface area (Å²) in [7, 11) is 0. The van der Waals surface area contributed by atoms with E-state index in [1.807, 2.05) is 0 Å². The molecule has 0 aliphatic heterocycles. The average molecular weight is 311 g/mol. The van der Waals surface area contributed by atoms with Crippen molar-refractivity contribution in [2.45, 2.75) is 9.92 Å². The first kappa shape index (κ1) is 14.3. The second kappa shape index (κ2) is 5.89. The number of pyridine rings is 1. The number of carbonyl (C=O) groups is 1. The van der Waals surface area contributed by atoms with Gasteiger partial charge < -0.3 is 5.11 Å². The highest BCUT2D eigenvalue weighted by atomic mass is 35.5. The smallest absolute Gasteiger partial charge is 0.342 e.